The van der Waals surface area contributed by atoms with Crippen LogP contribution in [-0.4, -0.2) is 35.3 Å². The molecule has 1 heterocycles. The highest BCUT2D eigenvalue weighted by atomic mass is 32.2. The first-order valence-electron chi connectivity index (χ1n) is 5.73. The van der Waals surface area contributed by atoms with Crippen LogP contribution in [0.3, 0.4) is 0 Å². The van der Waals surface area contributed by atoms with Crippen molar-refractivity contribution in [3.8, 4) is 0 Å². The second kappa shape index (κ2) is 5.77. The van der Waals surface area contributed by atoms with Crippen LogP contribution in [0.2, 0.25) is 0 Å². The predicted octanol–water partition coefficient (Wildman–Crippen LogP) is 1.73. The summed E-state index contributed by atoms with van der Waals surface area (Å²) < 4.78 is 5.21. The molecule has 0 aliphatic carbocycles. The van der Waals surface area contributed by atoms with Gasteiger partial charge in [-0.15, -0.1) is 0 Å². The molecule has 16 heavy (non-hydrogen) atoms. The summed E-state index contributed by atoms with van der Waals surface area (Å²) in [4.78, 5) is 11.6. The van der Waals surface area contributed by atoms with Crippen LogP contribution in [0.4, 0.5) is 4.79 Å². The minimum atomic E-state index is -0.452. The molecule has 94 valence electrons. The van der Waals surface area contributed by atoms with E-state index in [4.69, 9.17) is 10.5 Å². The number of hydrogen-bond donors (Lipinski definition) is 2. The fourth-order valence-corrected chi connectivity index (χ4v) is 3.06. The molecule has 1 saturated heterocycles. The van der Waals surface area contributed by atoms with Crippen molar-refractivity contribution < 1.29 is 9.53 Å². The Bertz CT molecular complexity index is 235. The molecular weight excluding hydrogens is 224 g/mol. The average molecular weight is 246 g/mol. The number of amides is 1. The van der Waals surface area contributed by atoms with Gasteiger partial charge >= 0.3 is 6.09 Å². The second-order valence-corrected chi connectivity index (χ2v) is 6.39. The minimum Gasteiger partial charge on any atom is -0.444 e. The molecule has 3 N–H and O–H groups in total. The molecule has 2 atom stereocenters. The van der Waals surface area contributed by atoms with E-state index in [0.29, 0.717) is 11.8 Å². The Morgan fingerprint density at radius 2 is 2.31 bits per heavy atom. The van der Waals surface area contributed by atoms with E-state index in [9.17, 15) is 4.79 Å². The fraction of sp³-hybridized carbons (Fsp3) is 0.909. The molecule has 1 rings (SSSR count). The Kier molecular flexibility index (Phi) is 4.92. The monoisotopic (exact) mass is 246 g/mol. The highest BCUT2D eigenvalue weighted by Crippen LogP contribution is 2.28. The van der Waals surface area contributed by atoms with Crippen molar-refractivity contribution in [1.29, 1.82) is 0 Å². The molecule has 1 aliphatic heterocycles. The number of hydrogen-bond acceptors (Lipinski definition) is 4. The number of carbonyl (C=O) groups is 1. The maximum Gasteiger partial charge on any atom is 0.407 e. The van der Waals surface area contributed by atoms with E-state index in [2.05, 4.69) is 5.32 Å². The molecule has 2 unspecified atom stereocenters. The molecule has 0 radical (unpaired) electrons. The molecule has 0 saturated carbocycles. The number of carbonyl (C=O) groups excluding carboxylic acids is 1. The Labute approximate surface area is 102 Å². The van der Waals surface area contributed by atoms with E-state index < -0.39 is 5.60 Å². The molecule has 4 nitrogen and oxygen atoms in total. The summed E-state index contributed by atoms with van der Waals surface area (Å²) in [5, 5.41) is 3.30. The Hall–Kier alpha value is -0.420. The van der Waals surface area contributed by atoms with Crippen molar-refractivity contribution in [3.05, 3.63) is 0 Å². The molecule has 0 spiro atoms. The van der Waals surface area contributed by atoms with E-state index in [1.165, 1.54) is 6.42 Å². The first kappa shape index (κ1) is 13.6. The highest BCUT2D eigenvalue weighted by Gasteiger charge is 2.27. The highest BCUT2D eigenvalue weighted by molar-refractivity contribution is 8.00. The molecule has 0 bridgehead atoms. The number of ether oxygens (including phenoxy) is 1. The Morgan fingerprint density at radius 3 is 2.75 bits per heavy atom. The van der Waals surface area contributed by atoms with Gasteiger partial charge < -0.3 is 15.8 Å². The maximum atomic E-state index is 11.6. The standard InChI is InChI=1S/C11H22N2O2S/c1-11(2,3)15-10(14)13-8(7-12)9-5-4-6-16-9/h8-9H,4-7,12H2,1-3H3,(H,13,14). The van der Waals surface area contributed by atoms with Gasteiger partial charge in [-0.25, -0.2) is 4.79 Å². The number of nitrogens with two attached hydrogens (primary N) is 1. The van der Waals surface area contributed by atoms with Gasteiger partial charge in [0, 0.05) is 11.8 Å². The Balaban J connectivity index is 2.40. The number of nitrogens with one attached hydrogen (secondary N) is 1. The van der Waals surface area contributed by atoms with Gasteiger partial charge in [-0.3, -0.25) is 0 Å². The zero-order chi connectivity index (χ0) is 12.2. The van der Waals surface area contributed by atoms with Crippen molar-refractivity contribution in [2.75, 3.05) is 12.3 Å². The van der Waals surface area contributed by atoms with Crippen molar-refractivity contribution in [2.45, 2.75) is 50.5 Å². The normalized spacial score (nSPS) is 22.9. The van der Waals surface area contributed by atoms with E-state index in [1.807, 2.05) is 32.5 Å². The lowest BCUT2D eigenvalue weighted by Crippen LogP contribution is -2.47. The third kappa shape index (κ3) is 4.61. The number of alkyl carbamates (subject to hydrolysis) is 1. The zero-order valence-electron chi connectivity index (χ0n) is 10.3. The second-order valence-electron chi connectivity index (χ2n) is 5.04. The SMILES string of the molecule is CC(C)(C)OC(=O)NC(CN)C1CCCS1. The molecule has 1 aliphatic rings. The summed E-state index contributed by atoms with van der Waals surface area (Å²) in [6.45, 7) is 6.04. The number of rotatable bonds is 3. The van der Waals surface area contributed by atoms with Crippen LogP contribution in [0.1, 0.15) is 33.6 Å². The lowest BCUT2D eigenvalue weighted by Gasteiger charge is -2.25. The predicted molar refractivity (Wildman–Crippen MR) is 67.7 cm³/mol. The minimum absolute atomic E-state index is 0.0300. The van der Waals surface area contributed by atoms with Crippen LogP contribution in [0.15, 0.2) is 0 Å². The van der Waals surface area contributed by atoms with Gasteiger partial charge in [0.05, 0.1) is 6.04 Å². The van der Waals surface area contributed by atoms with Gasteiger partial charge in [0.25, 0.3) is 0 Å². The van der Waals surface area contributed by atoms with Gasteiger partial charge in [-0.05, 0) is 39.4 Å². The zero-order valence-corrected chi connectivity index (χ0v) is 11.1. The van der Waals surface area contributed by atoms with Gasteiger partial charge in [-0.1, -0.05) is 0 Å². The summed E-state index contributed by atoms with van der Waals surface area (Å²) in [5.41, 5.74) is 5.23. The molecule has 0 aromatic rings. The summed E-state index contributed by atoms with van der Waals surface area (Å²) in [6.07, 6.45) is 1.97. The van der Waals surface area contributed by atoms with E-state index in [-0.39, 0.29) is 12.1 Å². The third-order valence-corrected chi connectivity index (χ3v) is 3.89. The lowest BCUT2D eigenvalue weighted by molar-refractivity contribution is 0.0505. The molecule has 1 fully saturated rings. The summed E-state index contributed by atoms with van der Waals surface area (Å²) >= 11 is 1.88. The third-order valence-electron chi connectivity index (χ3n) is 2.37. The van der Waals surface area contributed by atoms with Crippen molar-refractivity contribution >= 4 is 17.9 Å². The van der Waals surface area contributed by atoms with E-state index in [1.54, 1.807) is 0 Å². The van der Waals surface area contributed by atoms with Crippen LogP contribution >= 0.6 is 11.8 Å². The molecule has 5 heteroatoms. The molecule has 0 aromatic carbocycles. The quantitative estimate of drug-likeness (QED) is 0.796. The summed E-state index contributed by atoms with van der Waals surface area (Å²) in [7, 11) is 0. The van der Waals surface area contributed by atoms with Gasteiger partial charge in [0.2, 0.25) is 0 Å². The van der Waals surface area contributed by atoms with Crippen LogP contribution in [0, 0.1) is 0 Å². The van der Waals surface area contributed by atoms with Gasteiger partial charge in [0.1, 0.15) is 5.60 Å². The summed E-state index contributed by atoms with van der Waals surface area (Å²) in [5.74, 6) is 1.16. The topological polar surface area (TPSA) is 64.3 Å². The van der Waals surface area contributed by atoms with Crippen LogP contribution in [0.5, 0.6) is 0 Å². The van der Waals surface area contributed by atoms with Crippen LogP contribution in [0.25, 0.3) is 0 Å². The van der Waals surface area contributed by atoms with Crippen molar-refractivity contribution in [1.82, 2.24) is 5.32 Å². The molecule has 0 aromatic heterocycles. The van der Waals surface area contributed by atoms with Crippen molar-refractivity contribution in [2.24, 2.45) is 5.73 Å². The van der Waals surface area contributed by atoms with Gasteiger partial charge in [0.15, 0.2) is 0 Å². The van der Waals surface area contributed by atoms with Crippen LogP contribution in [-0.2, 0) is 4.74 Å². The van der Waals surface area contributed by atoms with E-state index >= 15 is 0 Å². The number of thioether (sulfide) groups is 1. The summed E-state index contributed by atoms with van der Waals surface area (Å²) in [6, 6.07) is 0.0300. The van der Waals surface area contributed by atoms with Gasteiger partial charge in [-0.2, -0.15) is 11.8 Å². The van der Waals surface area contributed by atoms with E-state index in [0.717, 1.165) is 12.2 Å². The van der Waals surface area contributed by atoms with Crippen LogP contribution < -0.4 is 11.1 Å². The van der Waals surface area contributed by atoms with Crippen molar-refractivity contribution in [3.63, 3.8) is 0 Å². The fourth-order valence-electron chi connectivity index (χ4n) is 1.68. The first-order chi connectivity index (χ1) is 7.42. The molecule has 1 amide bonds. The maximum absolute atomic E-state index is 11.6. The largest absolute Gasteiger partial charge is 0.444 e. The smallest absolute Gasteiger partial charge is 0.407 e. The Morgan fingerprint density at radius 1 is 1.62 bits per heavy atom. The average Bonchev–Trinajstić information content (AvgIpc) is 2.63. The molecular formula is C11H22N2O2S. The first-order valence-corrected chi connectivity index (χ1v) is 6.78. The lowest BCUT2D eigenvalue weighted by atomic mass is 10.1.